The van der Waals surface area contributed by atoms with Crippen molar-refractivity contribution in [2.75, 3.05) is 19.6 Å². The van der Waals surface area contributed by atoms with Crippen molar-refractivity contribution in [3.05, 3.63) is 12.2 Å². The number of unbranched alkanes of at least 4 members (excludes halogenated alkanes) is 2. The highest BCUT2D eigenvalue weighted by Crippen LogP contribution is 2.17. The largest absolute Gasteiger partial charge is 0.342 e. The van der Waals surface area contributed by atoms with Crippen LogP contribution in [0.5, 0.6) is 0 Å². The maximum Gasteiger partial charge on any atom is 0.253 e. The van der Waals surface area contributed by atoms with Gasteiger partial charge in [0.1, 0.15) is 0 Å². The highest BCUT2D eigenvalue weighted by atomic mass is 16.2. The molecule has 0 radical (unpaired) electrons. The number of amides is 3. The molecule has 0 aromatic rings. The van der Waals surface area contributed by atoms with Crippen LogP contribution < -0.4 is 0 Å². The minimum atomic E-state index is -0.225. The first-order valence-corrected chi connectivity index (χ1v) is 7.39. The molecule has 3 amide bonds. The Labute approximate surface area is 119 Å². The van der Waals surface area contributed by atoms with Gasteiger partial charge in [0.25, 0.3) is 11.8 Å². The second kappa shape index (κ2) is 6.68. The number of imide groups is 1. The van der Waals surface area contributed by atoms with Crippen molar-refractivity contribution in [2.24, 2.45) is 5.92 Å². The zero-order valence-corrected chi connectivity index (χ0v) is 12.0. The minimum Gasteiger partial charge on any atom is -0.342 e. The van der Waals surface area contributed by atoms with E-state index in [0.29, 0.717) is 18.9 Å². The zero-order valence-electron chi connectivity index (χ0n) is 12.0. The van der Waals surface area contributed by atoms with Crippen LogP contribution in [-0.4, -0.2) is 47.2 Å². The lowest BCUT2D eigenvalue weighted by Gasteiger charge is -2.16. The summed E-state index contributed by atoms with van der Waals surface area (Å²) in [5.41, 5.74) is 0. The number of carbonyl (C=O) groups is 3. The smallest absolute Gasteiger partial charge is 0.253 e. The summed E-state index contributed by atoms with van der Waals surface area (Å²) in [6.07, 6.45) is 6.76. The van der Waals surface area contributed by atoms with Gasteiger partial charge >= 0.3 is 0 Å². The van der Waals surface area contributed by atoms with E-state index < -0.39 is 0 Å². The quantitative estimate of drug-likeness (QED) is 0.544. The summed E-state index contributed by atoms with van der Waals surface area (Å²) in [7, 11) is 0. The summed E-state index contributed by atoms with van der Waals surface area (Å²) in [5.74, 6) is 0.414. The fraction of sp³-hybridized carbons (Fsp3) is 0.667. The second-order valence-corrected chi connectivity index (χ2v) is 5.71. The summed E-state index contributed by atoms with van der Waals surface area (Å²) in [6.45, 7) is 4.41. The van der Waals surface area contributed by atoms with Crippen LogP contribution in [0.1, 0.15) is 39.0 Å². The molecule has 1 saturated heterocycles. The van der Waals surface area contributed by atoms with Gasteiger partial charge in [-0.25, -0.2) is 0 Å². The average Bonchev–Trinajstić information content (AvgIpc) is 2.98. The van der Waals surface area contributed by atoms with Crippen molar-refractivity contribution < 1.29 is 14.4 Å². The van der Waals surface area contributed by atoms with Gasteiger partial charge in [-0.3, -0.25) is 19.3 Å². The van der Waals surface area contributed by atoms with Crippen molar-refractivity contribution in [3.63, 3.8) is 0 Å². The first kappa shape index (κ1) is 14.8. The molecule has 0 N–H and O–H groups in total. The second-order valence-electron chi connectivity index (χ2n) is 5.71. The molecule has 1 fully saturated rings. The lowest BCUT2D eigenvalue weighted by Crippen LogP contribution is -2.31. The molecule has 2 rings (SSSR count). The molecule has 0 bridgehead atoms. The third kappa shape index (κ3) is 3.68. The van der Waals surface area contributed by atoms with Crippen LogP contribution >= 0.6 is 0 Å². The zero-order chi connectivity index (χ0) is 14.5. The molecule has 1 atom stereocenters. The van der Waals surface area contributed by atoms with Crippen molar-refractivity contribution in [1.82, 2.24) is 9.80 Å². The Bertz CT molecular complexity index is 413. The van der Waals surface area contributed by atoms with Crippen LogP contribution in [0.2, 0.25) is 0 Å². The van der Waals surface area contributed by atoms with Crippen molar-refractivity contribution in [2.45, 2.75) is 39.0 Å². The van der Waals surface area contributed by atoms with Gasteiger partial charge in [0.05, 0.1) is 0 Å². The van der Waals surface area contributed by atoms with Gasteiger partial charge in [0, 0.05) is 38.2 Å². The third-order valence-corrected chi connectivity index (χ3v) is 3.95. The van der Waals surface area contributed by atoms with E-state index in [9.17, 15) is 14.4 Å². The van der Waals surface area contributed by atoms with E-state index in [-0.39, 0.29) is 17.7 Å². The van der Waals surface area contributed by atoms with Gasteiger partial charge < -0.3 is 4.90 Å². The summed E-state index contributed by atoms with van der Waals surface area (Å²) < 4.78 is 0. The topological polar surface area (TPSA) is 57.7 Å². The molecule has 0 spiro atoms. The Morgan fingerprint density at radius 2 is 1.90 bits per heavy atom. The van der Waals surface area contributed by atoms with Crippen molar-refractivity contribution in [3.8, 4) is 0 Å². The predicted octanol–water partition coefficient (Wildman–Crippen LogP) is 1.34. The maximum atomic E-state index is 11.9. The predicted molar refractivity (Wildman–Crippen MR) is 74.7 cm³/mol. The van der Waals surface area contributed by atoms with E-state index in [2.05, 4.69) is 6.92 Å². The summed E-state index contributed by atoms with van der Waals surface area (Å²) in [4.78, 5) is 37.7. The van der Waals surface area contributed by atoms with Gasteiger partial charge in [0.15, 0.2) is 0 Å². The van der Waals surface area contributed by atoms with Crippen molar-refractivity contribution in [1.29, 1.82) is 0 Å². The Kier molecular flexibility index (Phi) is 4.93. The molecule has 2 heterocycles. The number of nitrogens with zero attached hydrogens (tertiary/aromatic N) is 2. The summed E-state index contributed by atoms with van der Waals surface area (Å²) >= 11 is 0. The molecule has 5 nitrogen and oxygen atoms in total. The Morgan fingerprint density at radius 1 is 1.20 bits per heavy atom. The number of carbonyl (C=O) groups excluding carboxylic acids is 3. The molecule has 5 heteroatoms. The number of hydrogen-bond donors (Lipinski definition) is 0. The average molecular weight is 278 g/mol. The third-order valence-electron chi connectivity index (χ3n) is 3.95. The van der Waals surface area contributed by atoms with E-state index >= 15 is 0 Å². The molecule has 110 valence electrons. The molecular weight excluding hydrogens is 256 g/mol. The maximum absolute atomic E-state index is 11.9. The lowest BCUT2D eigenvalue weighted by molar-refractivity contribution is -0.137. The summed E-state index contributed by atoms with van der Waals surface area (Å²) in [5, 5.41) is 0. The molecule has 1 unspecified atom stereocenters. The molecular formula is C15H22N2O3. The molecule has 0 saturated carbocycles. The van der Waals surface area contributed by atoms with Crippen LogP contribution in [0.25, 0.3) is 0 Å². The van der Waals surface area contributed by atoms with E-state index in [0.717, 1.165) is 38.8 Å². The Morgan fingerprint density at radius 3 is 2.50 bits per heavy atom. The number of rotatable bonds is 6. The Hall–Kier alpha value is -1.65. The molecule has 20 heavy (non-hydrogen) atoms. The van der Waals surface area contributed by atoms with E-state index in [4.69, 9.17) is 0 Å². The van der Waals surface area contributed by atoms with Crippen LogP contribution in [0, 0.1) is 5.92 Å². The fourth-order valence-corrected chi connectivity index (χ4v) is 2.69. The van der Waals surface area contributed by atoms with Crippen LogP contribution in [0.3, 0.4) is 0 Å². The first-order valence-electron chi connectivity index (χ1n) is 7.39. The van der Waals surface area contributed by atoms with Gasteiger partial charge in [-0.15, -0.1) is 0 Å². The van der Waals surface area contributed by atoms with Crippen LogP contribution in [0.4, 0.5) is 0 Å². The number of likely N-dealkylation sites (tertiary alicyclic amines) is 1. The van der Waals surface area contributed by atoms with E-state index in [1.165, 1.54) is 17.1 Å². The lowest BCUT2D eigenvalue weighted by atomic mass is 10.1. The molecule has 0 aromatic carbocycles. The fourth-order valence-electron chi connectivity index (χ4n) is 2.69. The molecule has 0 aliphatic carbocycles. The highest BCUT2D eigenvalue weighted by molar-refractivity contribution is 6.12. The minimum absolute atomic E-state index is 0.225. The van der Waals surface area contributed by atoms with Crippen LogP contribution in [0.15, 0.2) is 12.2 Å². The summed E-state index contributed by atoms with van der Waals surface area (Å²) in [6, 6.07) is 0. The molecule has 2 aliphatic rings. The van der Waals surface area contributed by atoms with Gasteiger partial charge in [-0.2, -0.15) is 0 Å². The highest BCUT2D eigenvalue weighted by Gasteiger charge is 2.23. The first-order chi connectivity index (χ1) is 9.58. The standard InChI is InChI=1S/C15H22N2O3/c1-12-8-10-16(11-12)13(18)5-3-2-4-9-17-14(19)6-7-15(17)20/h6-7,12H,2-5,8-11H2,1H3. The van der Waals surface area contributed by atoms with E-state index in [1.807, 2.05) is 4.90 Å². The van der Waals surface area contributed by atoms with Crippen LogP contribution in [-0.2, 0) is 14.4 Å². The van der Waals surface area contributed by atoms with Gasteiger partial charge in [0.2, 0.25) is 5.91 Å². The molecule has 2 aliphatic heterocycles. The number of hydrogen-bond acceptors (Lipinski definition) is 3. The van der Waals surface area contributed by atoms with Gasteiger partial charge in [-0.05, 0) is 25.2 Å². The van der Waals surface area contributed by atoms with E-state index in [1.54, 1.807) is 0 Å². The Balaban J connectivity index is 1.57. The van der Waals surface area contributed by atoms with Gasteiger partial charge in [-0.1, -0.05) is 13.3 Å². The normalized spacial score (nSPS) is 22.1. The molecule has 0 aromatic heterocycles. The monoisotopic (exact) mass is 278 g/mol. The van der Waals surface area contributed by atoms with Crippen molar-refractivity contribution >= 4 is 17.7 Å². The SMILES string of the molecule is CC1CCN(C(=O)CCCCCN2C(=O)C=CC2=O)C1.